The van der Waals surface area contributed by atoms with Crippen molar-refractivity contribution in [1.29, 1.82) is 0 Å². The number of aromatic nitrogens is 2. The Balaban J connectivity index is 3.18. The first-order valence-corrected chi connectivity index (χ1v) is 4.29. The Bertz CT molecular complexity index is 269. The lowest BCUT2D eigenvalue weighted by molar-refractivity contribution is 0.543. The number of aryl methyl sites for hydroxylation is 1. The van der Waals surface area contributed by atoms with Crippen LogP contribution in [-0.2, 0) is 5.41 Å². The lowest BCUT2D eigenvalue weighted by Crippen LogP contribution is -2.16. The lowest BCUT2D eigenvalue weighted by atomic mass is 9.96. The molecular formula is C9H13ClN2. The molecule has 0 unspecified atom stereocenters. The molecule has 0 bridgehead atoms. The van der Waals surface area contributed by atoms with E-state index in [-0.39, 0.29) is 5.41 Å². The smallest absolute Gasteiger partial charge is 0.135 e. The molecule has 2 nitrogen and oxygen atoms in total. The molecule has 0 saturated heterocycles. The van der Waals surface area contributed by atoms with Gasteiger partial charge in [0.1, 0.15) is 11.0 Å². The molecule has 0 aliphatic rings. The molecule has 0 saturated carbocycles. The maximum atomic E-state index is 5.81. The standard InChI is InChI=1S/C9H13ClN2/c1-6-5-7(10)12-8(11-6)9(2,3)4/h5H,1-4H3. The summed E-state index contributed by atoms with van der Waals surface area (Å²) in [4.78, 5) is 8.47. The number of halogens is 1. The monoisotopic (exact) mass is 184 g/mol. The summed E-state index contributed by atoms with van der Waals surface area (Å²) in [6.45, 7) is 8.12. The van der Waals surface area contributed by atoms with E-state index in [9.17, 15) is 0 Å². The summed E-state index contributed by atoms with van der Waals surface area (Å²) in [7, 11) is 0. The van der Waals surface area contributed by atoms with Crippen molar-refractivity contribution in [3.8, 4) is 0 Å². The highest BCUT2D eigenvalue weighted by atomic mass is 35.5. The fraction of sp³-hybridized carbons (Fsp3) is 0.556. The summed E-state index contributed by atoms with van der Waals surface area (Å²) >= 11 is 5.81. The van der Waals surface area contributed by atoms with Gasteiger partial charge in [-0.15, -0.1) is 0 Å². The molecule has 0 radical (unpaired) electrons. The van der Waals surface area contributed by atoms with E-state index in [4.69, 9.17) is 11.6 Å². The van der Waals surface area contributed by atoms with Gasteiger partial charge in [0.25, 0.3) is 0 Å². The van der Waals surface area contributed by atoms with Gasteiger partial charge in [0.15, 0.2) is 0 Å². The van der Waals surface area contributed by atoms with Crippen LogP contribution in [0.4, 0.5) is 0 Å². The van der Waals surface area contributed by atoms with Crippen LogP contribution in [0.2, 0.25) is 5.15 Å². The Morgan fingerprint density at radius 2 is 1.83 bits per heavy atom. The number of hydrogen-bond acceptors (Lipinski definition) is 2. The molecule has 1 aromatic heterocycles. The first-order valence-electron chi connectivity index (χ1n) is 3.91. The molecule has 0 spiro atoms. The van der Waals surface area contributed by atoms with Gasteiger partial charge >= 0.3 is 0 Å². The zero-order valence-electron chi connectivity index (χ0n) is 7.85. The van der Waals surface area contributed by atoms with Crippen molar-refractivity contribution < 1.29 is 0 Å². The highest BCUT2D eigenvalue weighted by Gasteiger charge is 2.17. The number of nitrogens with zero attached hydrogens (tertiary/aromatic N) is 2. The topological polar surface area (TPSA) is 25.8 Å². The molecule has 1 rings (SSSR count). The van der Waals surface area contributed by atoms with Gasteiger partial charge in [-0.05, 0) is 13.0 Å². The van der Waals surface area contributed by atoms with Crippen molar-refractivity contribution in [2.24, 2.45) is 0 Å². The van der Waals surface area contributed by atoms with E-state index in [1.807, 2.05) is 6.92 Å². The molecule has 0 fully saturated rings. The second kappa shape index (κ2) is 3.02. The van der Waals surface area contributed by atoms with Crippen molar-refractivity contribution >= 4 is 11.6 Å². The van der Waals surface area contributed by atoms with E-state index in [1.165, 1.54) is 0 Å². The van der Waals surface area contributed by atoms with Crippen LogP contribution in [0.1, 0.15) is 32.3 Å². The Morgan fingerprint density at radius 3 is 2.25 bits per heavy atom. The molecule has 0 N–H and O–H groups in total. The van der Waals surface area contributed by atoms with Crippen LogP contribution in [0.15, 0.2) is 6.07 Å². The van der Waals surface area contributed by atoms with Crippen molar-refractivity contribution in [3.05, 3.63) is 22.7 Å². The lowest BCUT2D eigenvalue weighted by Gasteiger charge is -2.16. The van der Waals surface area contributed by atoms with Crippen LogP contribution in [0, 0.1) is 6.92 Å². The quantitative estimate of drug-likeness (QED) is 0.580. The molecule has 66 valence electrons. The average Bonchev–Trinajstić information content (AvgIpc) is 1.82. The summed E-state index contributed by atoms with van der Waals surface area (Å²) in [5, 5.41) is 0.521. The average molecular weight is 185 g/mol. The summed E-state index contributed by atoms with van der Waals surface area (Å²) < 4.78 is 0. The van der Waals surface area contributed by atoms with Gasteiger partial charge in [0.2, 0.25) is 0 Å². The predicted molar refractivity (Wildman–Crippen MR) is 50.5 cm³/mol. The molecule has 0 atom stereocenters. The van der Waals surface area contributed by atoms with Crippen molar-refractivity contribution in [3.63, 3.8) is 0 Å². The minimum atomic E-state index is -0.0321. The molecule has 3 heteroatoms. The molecule has 1 aromatic rings. The van der Waals surface area contributed by atoms with Gasteiger partial charge in [0.05, 0.1) is 0 Å². The zero-order chi connectivity index (χ0) is 9.35. The SMILES string of the molecule is Cc1cc(Cl)nc(C(C)(C)C)n1. The van der Waals surface area contributed by atoms with Gasteiger partial charge in [-0.2, -0.15) is 0 Å². The van der Waals surface area contributed by atoms with Crippen molar-refractivity contribution in [1.82, 2.24) is 9.97 Å². The molecule has 0 aliphatic carbocycles. The molecular weight excluding hydrogens is 172 g/mol. The largest absolute Gasteiger partial charge is 0.238 e. The van der Waals surface area contributed by atoms with Gasteiger partial charge in [-0.25, -0.2) is 9.97 Å². The third-order valence-corrected chi connectivity index (χ3v) is 1.69. The van der Waals surface area contributed by atoms with Gasteiger partial charge in [-0.3, -0.25) is 0 Å². The summed E-state index contributed by atoms with van der Waals surface area (Å²) in [5.41, 5.74) is 0.885. The summed E-state index contributed by atoms with van der Waals surface area (Å²) in [6, 6.07) is 1.76. The second-order valence-electron chi connectivity index (χ2n) is 3.91. The minimum absolute atomic E-state index is 0.0321. The van der Waals surface area contributed by atoms with E-state index < -0.39 is 0 Å². The highest BCUT2D eigenvalue weighted by Crippen LogP contribution is 2.19. The fourth-order valence-electron chi connectivity index (χ4n) is 0.866. The van der Waals surface area contributed by atoms with E-state index in [0.29, 0.717) is 5.15 Å². The van der Waals surface area contributed by atoms with E-state index >= 15 is 0 Å². The van der Waals surface area contributed by atoms with E-state index in [1.54, 1.807) is 6.07 Å². The van der Waals surface area contributed by atoms with Crippen LogP contribution >= 0.6 is 11.6 Å². The first kappa shape index (κ1) is 9.46. The van der Waals surface area contributed by atoms with Crippen LogP contribution in [0.3, 0.4) is 0 Å². The third-order valence-electron chi connectivity index (χ3n) is 1.49. The fourth-order valence-corrected chi connectivity index (χ4v) is 1.10. The van der Waals surface area contributed by atoms with Crippen molar-refractivity contribution in [2.75, 3.05) is 0 Å². The van der Waals surface area contributed by atoms with Crippen LogP contribution in [0.25, 0.3) is 0 Å². The van der Waals surface area contributed by atoms with Crippen molar-refractivity contribution in [2.45, 2.75) is 33.1 Å². The molecule has 0 amide bonds. The maximum Gasteiger partial charge on any atom is 0.135 e. The zero-order valence-corrected chi connectivity index (χ0v) is 8.61. The molecule has 0 aliphatic heterocycles. The van der Waals surface area contributed by atoms with Crippen LogP contribution < -0.4 is 0 Å². The molecule has 1 heterocycles. The second-order valence-corrected chi connectivity index (χ2v) is 4.29. The molecule has 0 aromatic carbocycles. The Hall–Kier alpha value is -0.630. The van der Waals surface area contributed by atoms with Gasteiger partial charge in [0, 0.05) is 11.1 Å². The van der Waals surface area contributed by atoms with Gasteiger partial charge < -0.3 is 0 Å². The normalized spacial score (nSPS) is 11.8. The predicted octanol–water partition coefficient (Wildman–Crippen LogP) is 2.74. The highest BCUT2D eigenvalue weighted by molar-refractivity contribution is 6.29. The Kier molecular flexibility index (Phi) is 2.38. The minimum Gasteiger partial charge on any atom is -0.238 e. The van der Waals surface area contributed by atoms with E-state index in [0.717, 1.165) is 11.5 Å². The summed E-state index contributed by atoms with van der Waals surface area (Å²) in [6.07, 6.45) is 0. The maximum absolute atomic E-state index is 5.81. The first-order chi connectivity index (χ1) is 5.39. The van der Waals surface area contributed by atoms with Gasteiger partial charge in [-0.1, -0.05) is 32.4 Å². The Labute approximate surface area is 78.0 Å². The third kappa shape index (κ3) is 2.18. The van der Waals surface area contributed by atoms with Crippen LogP contribution in [-0.4, -0.2) is 9.97 Å². The summed E-state index contributed by atoms with van der Waals surface area (Å²) in [5.74, 6) is 0.799. The molecule has 12 heavy (non-hydrogen) atoms. The number of rotatable bonds is 0. The Morgan fingerprint density at radius 1 is 1.25 bits per heavy atom. The van der Waals surface area contributed by atoms with Crippen LogP contribution in [0.5, 0.6) is 0 Å². The van der Waals surface area contributed by atoms with E-state index in [2.05, 4.69) is 30.7 Å². The number of hydrogen-bond donors (Lipinski definition) is 0.